The molecule has 0 aliphatic carbocycles. The molecule has 0 saturated carbocycles. The zero-order chi connectivity index (χ0) is 14.9. The molecule has 3 heteroatoms. The maximum absolute atomic E-state index is 4.61. The predicted octanol–water partition coefficient (Wildman–Crippen LogP) is 3.86. The molecule has 3 aromatic rings. The Morgan fingerprint density at radius 2 is 0.714 bits per heavy atom. The molecule has 0 aromatic heterocycles. The van der Waals surface area contributed by atoms with Crippen LogP contribution in [0.3, 0.4) is 0 Å². The Bertz CT molecular complexity index is 535. The molecule has 0 aliphatic heterocycles. The molecule has 0 fully saturated rings. The maximum Gasteiger partial charge on any atom is 0.102 e. The number of rotatable bonds is 3. The number of hydrogen-bond acceptors (Lipinski definition) is 0. The molecule has 3 aromatic carbocycles. The Balaban J connectivity index is 0.000000774. The molecule has 109 valence electrons. The van der Waals surface area contributed by atoms with E-state index >= 15 is 0 Å². The Labute approximate surface area is 142 Å². The molecule has 0 unspecified atom stereocenters. The van der Waals surface area contributed by atoms with Gasteiger partial charge in [-0.15, -0.1) is 0 Å². The molecule has 0 bridgehead atoms. The predicted molar refractivity (Wildman–Crippen MR) is 92.4 cm³/mol. The molecular formula is C18H16ClPPt+. The minimum atomic E-state index is -0.877. The summed E-state index contributed by atoms with van der Waals surface area (Å²) in [5.74, 6) is 0. The van der Waals surface area contributed by atoms with Gasteiger partial charge in [-0.2, -0.15) is 0 Å². The summed E-state index contributed by atoms with van der Waals surface area (Å²) in [4.78, 5) is 0. The van der Waals surface area contributed by atoms with E-state index in [1.807, 2.05) is 0 Å². The Hall–Kier alpha value is -0.932. The topological polar surface area (TPSA) is 0 Å². The van der Waals surface area contributed by atoms with Gasteiger partial charge in [0.1, 0.15) is 15.9 Å². The molecule has 21 heavy (non-hydrogen) atoms. The molecule has 0 heterocycles. The minimum absolute atomic E-state index is 0.877. The van der Waals surface area contributed by atoms with Crippen molar-refractivity contribution in [2.75, 3.05) is 0 Å². The Kier molecular flexibility index (Phi) is 7.17. The van der Waals surface area contributed by atoms with Gasteiger partial charge in [0.15, 0.2) is 0 Å². The van der Waals surface area contributed by atoms with Crippen molar-refractivity contribution in [3.63, 3.8) is 0 Å². The molecule has 3 rings (SSSR count). The van der Waals surface area contributed by atoms with Gasteiger partial charge in [-0.05, 0) is 36.4 Å². The Morgan fingerprint density at radius 3 is 0.952 bits per heavy atom. The van der Waals surface area contributed by atoms with E-state index in [1.165, 1.54) is 15.9 Å². The summed E-state index contributed by atoms with van der Waals surface area (Å²) in [6.07, 6.45) is 0. The van der Waals surface area contributed by atoms with Crippen LogP contribution in [0.4, 0.5) is 0 Å². The second-order valence-electron chi connectivity index (χ2n) is 4.47. The van der Waals surface area contributed by atoms with Crippen LogP contribution >= 0.6 is 17.3 Å². The van der Waals surface area contributed by atoms with Crippen LogP contribution in [0.5, 0.6) is 0 Å². The van der Waals surface area contributed by atoms with E-state index in [0.717, 1.165) is 0 Å². The van der Waals surface area contributed by atoms with Crippen molar-refractivity contribution in [3.8, 4) is 0 Å². The van der Waals surface area contributed by atoms with Crippen molar-refractivity contribution in [2.24, 2.45) is 0 Å². The fraction of sp³-hybridized carbons (Fsp3) is 0. The van der Waals surface area contributed by atoms with Crippen LogP contribution in [-0.4, -0.2) is 0 Å². The SMILES string of the molecule is [Cl][Pt].c1ccc([PH+](c2ccccc2)c2ccccc2)cc1. The van der Waals surface area contributed by atoms with Crippen LogP contribution in [0.2, 0.25) is 0 Å². The molecule has 0 atom stereocenters. The van der Waals surface area contributed by atoms with Gasteiger partial charge < -0.3 is 0 Å². The van der Waals surface area contributed by atoms with Crippen LogP contribution in [0.1, 0.15) is 0 Å². The third-order valence-electron chi connectivity index (χ3n) is 3.19. The molecule has 0 saturated heterocycles. The third-order valence-corrected chi connectivity index (χ3v) is 5.92. The van der Waals surface area contributed by atoms with Crippen LogP contribution in [0, 0.1) is 0 Å². The van der Waals surface area contributed by atoms with Gasteiger partial charge in [-0.25, -0.2) is 0 Å². The van der Waals surface area contributed by atoms with Gasteiger partial charge in [0, 0.05) is 0 Å². The van der Waals surface area contributed by atoms with E-state index in [1.54, 1.807) is 18.8 Å². The summed E-state index contributed by atoms with van der Waals surface area (Å²) in [6.45, 7) is 0. The minimum Gasteiger partial charge on any atom is -0.0620 e. The first-order valence-electron chi connectivity index (χ1n) is 6.60. The molecule has 0 nitrogen and oxygen atoms in total. The summed E-state index contributed by atoms with van der Waals surface area (Å²) in [7, 11) is 3.73. The van der Waals surface area contributed by atoms with E-state index in [4.69, 9.17) is 0 Å². The summed E-state index contributed by atoms with van der Waals surface area (Å²) >= 11 is 1.61. The second-order valence-corrected chi connectivity index (χ2v) is 6.96. The van der Waals surface area contributed by atoms with Crippen molar-refractivity contribution < 1.29 is 18.8 Å². The third kappa shape index (κ3) is 4.52. The summed E-state index contributed by atoms with van der Waals surface area (Å²) in [5, 5.41) is 4.31. The van der Waals surface area contributed by atoms with Crippen molar-refractivity contribution in [2.45, 2.75) is 0 Å². The molecule has 0 spiro atoms. The largest absolute Gasteiger partial charge is 0.102 e. The number of halogens is 1. The molecule has 0 N–H and O–H groups in total. The summed E-state index contributed by atoms with van der Waals surface area (Å²) < 4.78 is 0. The second kappa shape index (κ2) is 9.16. The van der Waals surface area contributed by atoms with Gasteiger partial charge in [0.2, 0.25) is 0 Å². The van der Waals surface area contributed by atoms with Gasteiger partial charge in [-0.1, -0.05) is 54.6 Å². The van der Waals surface area contributed by atoms with Gasteiger partial charge in [0.05, 0.1) is 7.92 Å². The summed E-state index contributed by atoms with van der Waals surface area (Å²) in [5.41, 5.74) is 0. The van der Waals surface area contributed by atoms with Crippen LogP contribution < -0.4 is 15.9 Å². The van der Waals surface area contributed by atoms with Crippen molar-refractivity contribution in [1.82, 2.24) is 0 Å². The first kappa shape index (κ1) is 16.4. The average Bonchev–Trinajstić information content (AvgIpc) is 2.60. The van der Waals surface area contributed by atoms with Gasteiger partial charge in [0.25, 0.3) is 0 Å². The molecule has 0 amide bonds. The standard InChI is InChI=1S/C18H15P.ClH.Pt/c1-4-10-16(11-5-1)19(17-12-6-2-7-13-17)18-14-8-3-9-15-18;;/h1-15H;1H;/q;;+1. The fourth-order valence-electron chi connectivity index (χ4n) is 2.31. The first-order chi connectivity index (χ1) is 10.4. The quantitative estimate of drug-likeness (QED) is 0.486. The average molecular weight is 494 g/mol. The van der Waals surface area contributed by atoms with E-state index in [0.29, 0.717) is 0 Å². The monoisotopic (exact) mass is 493 g/mol. The van der Waals surface area contributed by atoms with E-state index in [-0.39, 0.29) is 0 Å². The molecule has 0 aliphatic rings. The van der Waals surface area contributed by atoms with Crippen molar-refractivity contribution in [3.05, 3.63) is 91.0 Å². The van der Waals surface area contributed by atoms with Crippen LogP contribution in [0.25, 0.3) is 0 Å². The number of benzene rings is 3. The normalized spacial score (nSPS) is 9.90. The van der Waals surface area contributed by atoms with Crippen molar-refractivity contribution in [1.29, 1.82) is 0 Å². The zero-order valence-corrected chi connectivity index (χ0v) is 15.4. The van der Waals surface area contributed by atoms with Gasteiger partial charge in [-0.3, -0.25) is 0 Å². The molecule has 0 radical (unpaired) electrons. The fourth-order valence-corrected chi connectivity index (χ4v) is 4.89. The maximum atomic E-state index is 4.61. The smallest absolute Gasteiger partial charge is 0.0620 e. The van der Waals surface area contributed by atoms with Crippen molar-refractivity contribution >= 4 is 33.3 Å². The van der Waals surface area contributed by atoms with E-state index < -0.39 is 7.92 Å². The van der Waals surface area contributed by atoms with Crippen LogP contribution in [0.15, 0.2) is 91.0 Å². The Morgan fingerprint density at radius 1 is 0.476 bits per heavy atom. The van der Waals surface area contributed by atoms with E-state index in [2.05, 4.69) is 100 Å². The first-order valence-corrected chi connectivity index (χ1v) is 10.9. The van der Waals surface area contributed by atoms with Gasteiger partial charge >= 0.3 is 28.2 Å². The zero-order valence-electron chi connectivity index (χ0n) is 11.4. The summed E-state index contributed by atoms with van der Waals surface area (Å²) in [6, 6.07) is 32.5. The number of hydrogen-bond donors (Lipinski definition) is 0. The van der Waals surface area contributed by atoms with Crippen LogP contribution in [-0.2, 0) is 18.8 Å². The molecular weight excluding hydrogens is 478 g/mol. The van der Waals surface area contributed by atoms with E-state index in [9.17, 15) is 0 Å².